The van der Waals surface area contributed by atoms with E-state index in [9.17, 15) is 8.42 Å². The molecule has 0 bridgehead atoms. The molecular formula is C14H19BrN2O2S. The van der Waals surface area contributed by atoms with Crippen molar-refractivity contribution in [2.75, 3.05) is 6.54 Å². The van der Waals surface area contributed by atoms with E-state index in [-0.39, 0.29) is 6.04 Å². The normalized spacial score (nSPS) is 15.6. The fourth-order valence-electron chi connectivity index (χ4n) is 2.17. The summed E-state index contributed by atoms with van der Waals surface area (Å²) in [5.74, 6) is 0. The van der Waals surface area contributed by atoms with Gasteiger partial charge in [0.15, 0.2) is 0 Å². The molecule has 0 spiro atoms. The van der Waals surface area contributed by atoms with Crippen LogP contribution in [0.2, 0.25) is 0 Å². The zero-order valence-corrected chi connectivity index (χ0v) is 13.9. The molecule has 110 valence electrons. The van der Waals surface area contributed by atoms with Crippen molar-refractivity contribution in [3.05, 3.63) is 40.4 Å². The summed E-state index contributed by atoms with van der Waals surface area (Å²) in [6, 6.07) is 3.66. The van der Waals surface area contributed by atoms with E-state index in [4.69, 9.17) is 5.73 Å². The smallest absolute Gasteiger partial charge is 0.244 e. The number of sulfonamides is 1. The Morgan fingerprint density at radius 2 is 2.15 bits per heavy atom. The number of nitrogens with two attached hydrogens (primary N) is 1. The zero-order chi connectivity index (χ0) is 14.9. The second-order valence-corrected chi connectivity index (χ2v) is 7.68. The van der Waals surface area contributed by atoms with Crippen LogP contribution in [0.25, 0.3) is 0 Å². The Balaban J connectivity index is 2.52. The maximum Gasteiger partial charge on any atom is 0.244 e. The molecule has 1 aliphatic rings. The Kier molecular flexibility index (Phi) is 4.69. The Hall–Kier alpha value is -0.690. The summed E-state index contributed by atoms with van der Waals surface area (Å²) in [6.45, 7) is 6.19. The van der Waals surface area contributed by atoms with Crippen LogP contribution in [-0.2, 0) is 16.6 Å². The maximum atomic E-state index is 12.9. The van der Waals surface area contributed by atoms with Crippen molar-refractivity contribution >= 4 is 26.0 Å². The van der Waals surface area contributed by atoms with Crippen molar-refractivity contribution in [3.8, 4) is 0 Å². The number of hydrogen-bond acceptors (Lipinski definition) is 3. The van der Waals surface area contributed by atoms with Gasteiger partial charge in [-0.1, -0.05) is 12.1 Å². The Morgan fingerprint density at radius 3 is 2.65 bits per heavy atom. The van der Waals surface area contributed by atoms with Gasteiger partial charge < -0.3 is 5.73 Å². The van der Waals surface area contributed by atoms with Crippen LogP contribution in [-0.4, -0.2) is 25.3 Å². The van der Waals surface area contributed by atoms with Gasteiger partial charge in [0, 0.05) is 23.6 Å². The molecule has 0 heterocycles. The second kappa shape index (κ2) is 5.97. The molecule has 4 nitrogen and oxygen atoms in total. The first-order valence-electron chi connectivity index (χ1n) is 6.53. The standard InChI is InChI=1S/C14H19BrN2O2S/c1-3-6-17(12-4-5-12)20(18,19)13-8-11(9-16)7-10(2)14(13)15/h3,7-8,12H,1,4-6,9,16H2,2H3. The highest BCUT2D eigenvalue weighted by atomic mass is 79.9. The molecule has 0 amide bonds. The lowest BCUT2D eigenvalue weighted by atomic mass is 10.1. The molecule has 2 N–H and O–H groups in total. The highest BCUT2D eigenvalue weighted by Crippen LogP contribution is 2.35. The maximum absolute atomic E-state index is 12.9. The van der Waals surface area contributed by atoms with Crippen molar-refractivity contribution in [2.24, 2.45) is 5.73 Å². The van der Waals surface area contributed by atoms with Crippen LogP contribution in [0.5, 0.6) is 0 Å². The van der Waals surface area contributed by atoms with E-state index in [1.165, 1.54) is 4.31 Å². The van der Waals surface area contributed by atoms with Gasteiger partial charge in [0.05, 0.1) is 4.90 Å². The van der Waals surface area contributed by atoms with Gasteiger partial charge in [0.1, 0.15) is 0 Å². The highest BCUT2D eigenvalue weighted by Gasteiger charge is 2.38. The minimum absolute atomic E-state index is 0.103. The zero-order valence-electron chi connectivity index (χ0n) is 11.5. The molecule has 0 saturated heterocycles. The van der Waals surface area contributed by atoms with Gasteiger partial charge >= 0.3 is 0 Å². The first-order chi connectivity index (χ1) is 9.41. The van der Waals surface area contributed by atoms with Crippen molar-refractivity contribution in [2.45, 2.75) is 37.2 Å². The SMILES string of the molecule is C=CCN(C1CC1)S(=O)(=O)c1cc(CN)cc(C)c1Br. The summed E-state index contributed by atoms with van der Waals surface area (Å²) >= 11 is 3.40. The van der Waals surface area contributed by atoms with Crippen LogP contribution in [0.3, 0.4) is 0 Å². The van der Waals surface area contributed by atoms with Crippen molar-refractivity contribution < 1.29 is 8.42 Å². The summed E-state index contributed by atoms with van der Waals surface area (Å²) in [5.41, 5.74) is 7.34. The Bertz CT molecular complexity index is 624. The van der Waals surface area contributed by atoms with E-state index < -0.39 is 10.0 Å². The molecule has 1 aliphatic carbocycles. The van der Waals surface area contributed by atoms with E-state index in [1.54, 1.807) is 12.1 Å². The molecule has 0 aliphatic heterocycles. The largest absolute Gasteiger partial charge is 0.326 e. The van der Waals surface area contributed by atoms with E-state index >= 15 is 0 Å². The summed E-state index contributed by atoms with van der Waals surface area (Å²) in [5, 5.41) is 0. The number of benzene rings is 1. The van der Waals surface area contributed by atoms with Gasteiger partial charge in [0.2, 0.25) is 10.0 Å². The van der Waals surface area contributed by atoms with E-state index in [2.05, 4.69) is 22.5 Å². The third-order valence-corrected chi connectivity index (χ3v) is 6.62. The number of halogens is 1. The van der Waals surface area contributed by atoms with Crippen LogP contribution in [0.15, 0.2) is 34.2 Å². The molecule has 1 aromatic carbocycles. The van der Waals surface area contributed by atoms with Crippen LogP contribution in [0.4, 0.5) is 0 Å². The first kappa shape index (κ1) is 15.7. The average molecular weight is 359 g/mol. The third kappa shape index (κ3) is 2.98. The predicted octanol–water partition coefficient (Wildman–Crippen LogP) is 2.56. The topological polar surface area (TPSA) is 63.4 Å². The van der Waals surface area contributed by atoms with Crippen LogP contribution >= 0.6 is 15.9 Å². The van der Waals surface area contributed by atoms with Crippen LogP contribution in [0, 0.1) is 6.92 Å². The highest BCUT2D eigenvalue weighted by molar-refractivity contribution is 9.10. The van der Waals surface area contributed by atoms with E-state index in [0.717, 1.165) is 24.0 Å². The molecule has 1 aromatic rings. The van der Waals surface area contributed by atoms with Crippen LogP contribution < -0.4 is 5.73 Å². The summed E-state index contributed by atoms with van der Waals surface area (Å²) in [4.78, 5) is 0.298. The molecule has 0 radical (unpaired) electrons. The first-order valence-corrected chi connectivity index (χ1v) is 8.77. The predicted molar refractivity (Wildman–Crippen MR) is 83.9 cm³/mol. The molecule has 0 aromatic heterocycles. The number of nitrogens with zero attached hydrogens (tertiary/aromatic N) is 1. The van der Waals surface area contributed by atoms with Gasteiger partial charge in [-0.3, -0.25) is 0 Å². The number of hydrogen-bond donors (Lipinski definition) is 1. The number of aryl methyl sites for hydroxylation is 1. The molecule has 20 heavy (non-hydrogen) atoms. The van der Waals surface area contributed by atoms with Crippen LogP contribution in [0.1, 0.15) is 24.0 Å². The van der Waals surface area contributed by atoms with Crippen molar-refractivity contribution in [3.63, 3.8) is 0 Å². The molecule has 0 atom stereocenters. The molecule has 6 heteroatoms. The summed E-state index contributed by atoms with van der Waals surface area (Å²) < 4.78 is 27.8. The minimum atomic E-state index is -3.53. The molecule has 1 fully saturated rings. The fourth-order valence-corrected chi connectivity index (χ4v) is 4.86. The monoisotopic (exact) mass is 358 g/mol. The second-order valence-electron chi connectivity index (χ2n) is 5.02. The molecule has 2 rings (SSSR count). The van der Waals surface area contributed by atoms with Gasteiger partial charge in [-0.25, -0.2) is 8.42 Å². The average Bonchev–Trinajstić information content (AvgIpc) is 3.22. The van der Waals surface area contributed by atoms with E-state index in [1.807, 2.05) is 13.0 Å². The van der Waals surface area contributed by atoms with Gasteiger partial charge in [0.25, 0.3) is 0 Å². The Labute approximate surface area is 128 Å². The van der Waals surface area contributed by atoms with Gasteiger partial charge in [-0.2, -0.15) is 4.31 Å². The van der Waals surface area contributed by atoms with Gasteiger partial charge in [-0.05, 0) is 52.9 Å². The lowest BCUT2D eigenvalue weighted by Gasteiger charge is -2.22. The third-order valence-electron chi connectivity index (χ3n) is 3.37. The minimum Gasteiger partial charge on any atom is -0.326 e. The fraction of sp³-hybridized carbons (Fsp3) is 0.429. The van der Waals surface area contributed by atoms with Gasteiger partial charge in [-0.15, -0.1) is 6.58 Å². The van der Waals surface area contributed by atoms with Crippen molar-refractivity contribution in [1.82, 2.24) is 4.31 Å². The van der Waals surface area contributed by atoms with Crippen molar-refractivity contribution in [1.29, 1.82) is 0 Å². The lowest BCUT2D eigenvalue weighted by molar-refractivity contribution is 0.435. The summed E-state index contributed by atoms with van der Waals surface area (Å²) in [7, 11) is -3.53. The molecule has 0 unspecified atom stereocenters. The van der Waals surface area contributed by atoms with E-state index in [0.29, 0.717) is 22.5 Å². The lowest BCUT2D eigenvalue weighted by Crippen LogP contribution is -2.33. The molecule has 1 saturated carbocycles. The Morgan fingerprint density at radius 1 is 1.50 bits per heavy atom. The summed E-state index contributed by atoms with van der Waals surface area (Å²) in [6.07, 6.45) is 3.46. The molecular weight excluding hydrogens is 340 g/mol. The quantitative estimate of drug-likeness (QED) is 0.794. The number of rotatable bonds is 6.